The number of carbonyl (C=O) groups is 2. The molecule has 2 aromatic rings. The molecule has 1 heterocycles. The van der Waals surface area contributed by atoms with E-state index in [0.717, 1.165) is 0 Å². The molecule has 1 aromatic carbocycles. The lowest BCUT2D eigenvalue weighted by Gasteiger charge is -2.14. The summed E-state index contributed by atoms with van der Waals surface area (Å²) in [5.41, 5.74) is 0.747. The second-order valence-electron chi connectivity index (χ2n) is 4.46. The lowest BCUT2D eigenvalue weighted by atomic mass is 10.1. The van der Waals surface area contributed by atoms with Gasteiger partial charge in [-0.1, -0.05) is 0 Å². The van der Waals surface area contributed by atoms with Gasteiger partial charge in [0.25, 0.3) is 5.91 Å². The van der Waals surface area contributed by atoms with Gasteiger partial charge in [0, 0.05) is 17.3 Å². The average molecular weight is 316 g/mol. The Morgan fingerprint density at radius 3 is 2.17 bits per heavy atom. The highest BCUT2D eigenvalue weighted by Gasteiger charge is 2.17. The van der Waals surface area contributed by atoms with Crippen LogP contribution in [0.2, 0.25) is 0 Å². The molecule has 0 aliphatic heterocycles. The maximum atomic E-state index is 12.3. The molecule has 0 unspecified atom stereocenters. The molecule has 0 aliphatic carbocycles. The molecule has 23 heavy (non-hydrogen) atoms. The molecule has 0 saturated carbocycles. The van der Waals surface area contributed by atoms with Crippen molar-refractivity contribution >= 4 is 18.0 Å². The molecule has 1 amide bonds. The summed E-state index contributed by atoms with van der Waals surface area (Å²) in [4.78, 5) is 26.9. The number of benzene rings is 1. The predicted molar refractivity (Wildman–Crippen MR) is 83.7 cm³/mol. The fraction of sp³-hybridized carbons (Fsp3) is 0.188. The Bertz CT molecular complexity index is 688. The molecular formula is C16H16N2O5. The first-order chi connectivity index (χ1) is 11.1. The smallest absolute Gasteiger partial charge is 0.257 e. The molecule has 0 spiro atoms. The van der Waals surface area contributed by atoms with Gasteiger partial charge in [0.15, 0.2) is 17.8 Å². The summed E-state index contributed by atoms with van der Waals surface area (Å²) in [5, 5.41) is 2.63. The third-order valence-corrected chi connectivity index (χ3v) is 3.09. The van der Waals surface area contributed by atoms with Crippen LogP contribution in [0.3, 0.4) is 0 Å². The van der Waals surface area contributed by atoms with E-state index in [1.807, 2.05) is 0 Å². The standard InChI is InChI=1S/C16H16N2O5/c1-21-12-6-11(7-13(22-2)15(12)23-3)16(20)18-14-5-4-10(9-19)8-17-14/h4-9H,1-3H3,(H,17,18,20). The SMILES string of the molecule is COc1cc(C(=O)Nc2ccc(C=O)cn2)cc(OC)c1OC. The number of nitrogens with zero attached hydrogens (tertiary/aromatic N) is 1. The van der Waals surface area contributed by atoms with Crippen LogP contribution in [0.5, 0.6) is 17.2 Å². The fourth-order valence-electron chi connectivity index (χ4n) is 1.95. The maximum Gasteiger partial charge on any atom is 0.257 e. The number of aldehydes is 1. The van der Waals surface area contributed by atoms with Gasteiger partial charge in [0.05, 0.1) is 21.3 Å². The van der Waals surface area contributed by atoms with Crippen LogP contribution < -0.4 is 19.5 Å². The quantitative estimate of drug-likeness (QED) is 0.822. The van der Waals surface area contributed by atoms with Crippen molar-refractivity contribution in [1.82, 2.24) is 4.98 Å². The number of aromatic nitrogens is 1. The first kappa shape index (κ1) is 16.3. The van der Waals surface area contributed by atoms with Gasteiger partial charge in [0.1, 0.15) is 5.82 Å². The van der Waals surface area contributed by atoms with Crippen molar-refractivity contribution in [1.29, 1.82) is 0 Å². The Hall–Kier alpha value is -3.09. The number of hydrogen-bond acceptors (Lipinski definition) is 6. The van der Waals surface area contributed by atoms with Crippen molar-refractivity contribution in [3.05, 3.63) is 41.6 Å². The number of pyridine rings is 1. The Morgan fingerprint density at radius 1 is 1.09 bits per heavy atom. The summed E-state index contributed by atoms with van der Waals surface area (Å²) in [6.45, 7) is 0. The first-order valence-electron chi connectivity index (χ1n) is 6.65. The Morgan fingerprint density at radius 2 is 1.74 bits per heavy atom. The van der Waals surface area contributed by atoms with Crippen LogP contribution in [0.4, 0.5) is 5.82 Å². The highest BCUT2D eigenvalue weighted by Crippen LogP contribution is 2.38. The van der Waals surface area contributed by atoms with E-state index in [1.165, 1.54) is 39.7 Å². The number of carbonyl (C=O) groups excluding carboxylic acids is 2. The van der Waals surface area contributed by atoms with Crippen LogP contribution >= 0.6 is 0 Å². The highest BCUT2D eigenvalue weighted by molar-refractivity contribution is 6.04. The molecule has 0 bridgehead atoms. The van der Waals surface area contributed by atoms with Crippen molar-refractivity contribution in [3.8, 4) is 17.2 Å². The summed E-state index contributed by atoms with van der Waals surface area (Å²) in [7, 11) is 4.43. The summed E-state index contributed by atoms with van der Waals surface area (Å²) < 4.78 is 15.6. The van der Waals surface area contributed by atoms with Gasteiger partial charge in [-0.2, -0.15) is 0 Å². The number of methoxy groups -OCH3 is 3. The van der Waals surface area contributed by atoms with Gasteiger partial charge in [0.2, 0.25) is 5.75 Å². The minimum absolute atomic E-state index is 0.320. The summed E-state index contributed by atoms with van der Waals surface area (Å²) in [5.74, 6) is 1.09. The third kappa shape index (κ3) is 3.57. The minimum atomic E-state index is -0.393. The van der Waals surface area contributed by atoms with E-state index in [4.69, 9.17) is 14.2 Å². The molecule has 7 heteroatoms. The molecule has 0 atom stereocenters. The van der Waals surface area contributed by atoms with Gasteiger partial charge in [-0.3, -0.25) is 9.59 Å². The number of rotatable bonds is 6. The van der Waals surface area contributed by atoms with E-state index in [0.29, 0.717) is 40.5 Å². The zero-order valence-electron chi connectivity index (χ0n) is 13.0. The second kappa shape index (κ2) is 7.26. The number of anilines is 1. The molecule has 0 saturated heterocycles. The molecule has 1 aromatic heterocycles. The second-order valence-corrected chi connectivity index (χ2v) is 4.46. The van der Waals surface area contributed by atoms with Crippen molar-refractivity contribution in [3.63, 3.8) is 0 Å². The van der Waals surface area contributed by atoms with Crippen LogP contribution in [-0.2, 0) is 0 Å². The van der Waals surface area contributed by atoms with E-state index in [-0.39, 0.29) is 0 Å². The van der Waals surface area contributed by atoms with Crippen LogP contribution in [0, 0.1) is 0 Å². The zero-order valence-corrected chi connectivity index (χ0v) is 13.0. The third-order valence-electron chi connectivity index (χ3n) is 3.09. The van der Waals surface area contributed by atoms with Crippen LogP contribution in [-0.4, -0.2) is 38.5 Å². The van der Waals surface area contributed by atoms with E-state index in [1.54, 1.807) is 12.1 Å². The van der Waals surface area contributed by atoms with Crippen molar-refractivity contribution in [2.45, 2.75) is 0 Å². The van der Waals surface area contributed by atoms with Crippen LogP contribution in [0.25, 0.3) is 0 Å². The lowest BCUT2D eigenvalue weighted by Crippen LogP contribution is -2.13. The van der Waals surface area contributed by atoms with E-state index >= 15 is 0 Å². The summed E-state index contributed by atoms with van der Waals surface area (Å²) >= 11 is 0. The largest absolute Gasteiger partial charge is 0.493 e. The van der Waals surface area contributed by atoms with Crippen LogP contribution in [0.15, 0.2) is 30.5 Å². The number of hydrogen-bond donors (Lipinski definition) is 1. The molecule has 2 rings (SSSR count). The molecule has 120 valence electrons. The minimum Gasteiger partial charge on any atom is -0.493 e. The number of amides is 1. The number of nitrogens with one attached hydrogen (secondary N) is 1. The highest BCUT2D eigenvalue weighted by atomic mass is 16.5. The predicted octanol–water partition coefficient (Wildman–Crippen LogP) is 2.17. The van der Waals surface area contributed by atoms with E-state index in [9.17, 15) is 9.59 Å². The molecule has 0 fully saturated rings. The number of ether oxygens (including phenoxy) is 3. The first-order valence-corrected chi connectivity index (χ1v) is 6.65. The molecule has 1 N–H and O–H groups in total. The van der Waals surface area contributed by atoms with E-state index < -0.39 is 5.91 Å². The summed E-state index contributed by atoms with van der Waals surface area (Å²) in [6, 6.07) is 6.18. The topological polar surface area (TPSA) is 86.8 Å². The van der Waals surface area contributed by atoms with Gasteiger partial charge < -0.3 is 19.5 Å². The average Bonchev–Trinajstić information content (AvgIpc) is 2.60. The van der Waals surface area contributed by atoms with Gasteiger partial charge in [-0.15, -0.1) is 0 Å². The molecule has 7 nitrogen and oxygen atoms in total. The van der Waals surface area contributed by atoms with Gasteiger partial charge in [-0.05, 0) is 24.3 Å². The molecular weight excluding hydrogens is 300 g/mol. The molecule has 0 radical (unpaired) electrons. The van der Waals surface area contributed by atoms with Gasteiger partial charge in [-0.25, -0.2) is 4.98 Å². The fourth-order valence-corrected chi connectivity index (χ4v) is 1.95. The summed E-state index contributed by atoms with van der Waals surface area (Å²) in [6.07, 6.45) is 2.05. The van der Waals surface area contributed by atoms with Crippen molar-refractivity contribution in [2.75, 3.05) is 26.6 Å². The maximum absolute atomic E-state index is 12.3. The monoisotopic (exact) mass is 316 g/mol. The van der Waals surface area contributed by atoms with E-state index in [2.05, 4.69) is 10.3 Å². The van der Waals surface area contributed by atoms with Crippen molar-refractivity contribution in [2.24, 2.45) is 0 Å². The van der Waals surface area contributed by atoms with Crippen molar-refractivity contribution < 1.29 is 23.8 Å². The Labute approximate surface area is 133 Å². The van der Waals surface area contributed by atoms with Gasteiger partial charge >= 0.3 is 0 Å². The lowest BCUT2D eigenvalue weighted by molar-refractivity contribution is 0.102. The Balaban J connectivity index is 2.29. The zero-order chi connectivity index (χ0) is 16.8. The Kier molecular flexibility index (Phi) is 5.14. The van der Waals surface area contributed by atoms with Crippen LogP contribution in [0.1, 0.15) is 20.7 Å². The molecule has 0 aliphatic rings. The normalized spacial score (nSPS) is 9.87.